The number of rotatable bonds is 0. The molecule has 2 aromatic rings. The molecule has 0 unspecified atom stereocenters. The molecule has 0 aromatic carbocycles. The predicted octanol–water partition coefficient (Wildman–Crippen LogP) is 4.36. The third-order valence-electron chi connectivity index (χ3n) is 1.58. The van der Waals surface area contributed by atoms with Crippen molar-refractivity contribution < 1.29 is 0 Å². The molecule has 3 heteroatoms. The summed E-state index contributed by atoms with van der Waals surface area (Å²) in [5.41, 5.74) is 2.16. The van der Waals surface area contributed by atoms with Crippen molar-refractivity contribution in [1.82, 2.24) is 9.97 Å². The van der Waals surface area contributed by atoms with Crippen LogP contribution in [0, 0.1) is 13.8 Å². The lowest BCUT2D eigenvalue weighted by atomic mass is 10.4. The molecule has 84 valence electrons. The highest BCUT2D eigenvalue weighted by molar-refractivity contribution is 7.17. The molecule has 0 saturated carbocycles. The summed E-state index contributed by atoms with van der Waals surface area (Å²) in [6, 6.07) is 2.03. The molecular weight excluding hydrogens is 204 g/mol. The van der Waals surface area contributed by atoms with Gasteiger partial charge in [-0.1, -0.05) is 27.7 Å². The van der Waals surface area contributed by atoms with E-state index in [4.69, 9.17) is 0 Å². The first-order valence-electron chi connectivity index (χ1n) is 5.46. The zero-order valence-electron chi connectivity index (χ0n) is 10.5. The van der Waals surface area contributed by atoms with E-state index in [0.717, 1.165) is 17.0 Å². The Labute approximate surface area is 96.4 Å². The summed E-state index contributed by atoms with van der Waals surface area (Å²) in [6.45, 7) is 11.9. The van der Waals surface area contributed by atoms with Gasteiger partial charge in [0.15, 0.2) is 0 Å². The topological polar surface area (TPSA) is 25.8 Å². The van der Waals surface area contributed by atoms with E-state index < -0.39 is 0 Å². The second kappa shape index (κ2) is 7.35. The molecule has 0 saturated heterocycles. The third kappa shape index (κ3) is 3.59. The van der Waals surface area contributed by atoms with Crippen molar-refractivity contribution in [2.45, 2.75) is 41.5 Å². The average molecular weight is 224 g/mol. The van der Waals surface area contributed by atoms with Gasteiger partial charge in [0, 0.05) is 0 Å². The van der Waals surface area contributed by atoms with E-state index in [0.29, 0.717) is 0 Å². The minimum Gasteiger partial charge on any atom is -0.237 e. The Kier molecular flexibility index (Phi) is 6.88. The number of aromatic nitrogens is 2. The fourth-order valence-electron chi connectivity index (χ4n) is 1.15. The summed E-state index contributed by atoms with van der Waals surface area (Å²) in [7, 11) is 0. The van der Waals surface area contributed by atoms with Crippen LogP contribution in [0.3, 0.4) is 0 Å². The maximum Gasteiger partial charge on any atom is 0.126 e. The van der Waals surface area contributed by atoms with E-state index in [9.17, 15) is 0 Å². The summed E-state index contributed by atoms with van der Waals surface area (Å²) in [6.07, 6.45) is 0. The molecule has 0 amide bonds. The zero-order chi connectivity index (χ0) is 11.8. The lowest BCUT2D eigenvalue weighted by Gasteiger charge is -1.95. The van der Waals surface area contributed by atoms with Gasteiger partial charge in [-0.3, -0.25) is 0 Å². The van der Waals surface area contributed by atoms with Gasteiger partial charge < -0.3 is 0 Å². The smallest absolute Gasteiger partial charge is 0.126 e. The van der Waals surface area contributed by atoms with Gasteiger partial charge in [0.2, 0.25) is 0 Å². The monoisotopic (exact) mass is 224 g/mol. The molecule has 0 radical (unpaired) electrons. The van der Waals surface area contributed by atoms with Crippen LogP contribution < -0.4 is 0 Å². The van der Waals surface area contributed by atoms with Crippen LogP contribution in [0.5, 0.6) is 0 Å². The highest BCUT2D eigenvalue weighted by Crippen LogP contribution is 2.20. The number of nitrogens with zero attached hydrogens (tertiary/aromatic N) is 2. The zero-order valence-corrected chi connectivity index (χ0v) is 11.3. The van der Waals surface area contributed by atoms with Crippen LogP contribution in [0.15, 0.2) is 11.4 Å². The summed E-state index contributed by atoms with van der Waals surface area (Å²) >= 11 is 1.70. The minimum absolute atomic E-state index is 0.855. The van der Waals surface area contributed by atoms with Gasteiger partial charge in [-0.15, -0.1) is 11.3 Å². The summed E-state index contributed by atoms with van der Waals surface area (Å²) in [5, 5.41) is 2.05. The van der Waals surface area contributed by atoms with E-state index in [1.54, 1.807) is 11.3 Å². The fourth-order valence-corrected chi connectivity index (χ4v) is 1.94. The van der Waals surface area contributed by atoms with Crippen molar-refractivity contribution in [3.63, 3.8) is 0 Å². The second-order valence-electron chi connectivity index (χ2n) is 2.49. The van der Waals surface area contributed by atoms with Crippen LogP contribution in [-0.2, 0) is 0 Å². The minimum atomic E-state index is 0.855. The SMILES string of the molecule is CC.CC.Cc1nc(C)c2sccc2n1. The Morgan fingerprint density at radius 3 is 2.20 bits per heavy atom. The molecule has 0 atom stereocenters. The molecule has 0 aliphatic rings. The first kappa shape index (κ1) is 14.0. The van der Waals surface area contributed by atoms with Gasteiger partial charge in [-0.2, -0.15) is 0 Å². The molecular formula is C12H20N2S. The lowest BCUT2D eigenvalue weighted by molar-refractivity contribution is 1.05. The Bertz CT molecular complexity index is 393. The van der Waals surface area contributed by atoms with Crippen molar-refractivity contribution >= 4 is 21.6 Å². The van der Waals surface area contributed by atoms with E-state index in [1.165, 1.54) is 4.70 Å². The van der Waals surface area contributed by atoms with Crippen molar-refractivity contribution in [3.05, 3.63) is 23.0 Å². The Morgan fingerprint density at radius 2 is 1.60 bits per heavy atom. The number of hydrogen-bond acceptors (Lipinski definition) is 3. The lowest BCUT2D eigenvalue weighted by Crippen LogP contribution is -1.89. The number of thiophene rings is 1. The van der Waals surface area contributed by atoms with Crippen molar-refractivity contribution in [2.75, 3.05) is 0 Å². The van der Waals surface area contributed by atoms with Crippen LogP contribution in [0.4, 0.5) is 0 Å². The highest BCUT2D eigenvalue weighted by Gasteiger charge is 2.01. The Hall–Kier alpha value is -0.960. The molecule has 0 spiro atoms. The van der Waals surface area contributed by atoms with Gasteiger partial charge in [0.25, 0.3) is 0 Å². The van der Waals surface area contributed by atoms with Crippen LogP contribution >= 0.6 is 11.3 Å². The quantitative estimate of drug-likeness (QED) is 0.664. The van der Waals surface area contributed by atoms with E-state index in [2.05, 4.69) is 9.97 Å². The average Bonchev–Trinajstić information content (AvgIpc) is 2.72. The molecule has 0 aliphatic carbocycles. The van der Waals surface area contributed by atoms with Crippen molar-refractivity contribution in [3.8, 4) is 0 Å². The largest absolute Gasteiger partial charge is 0.237 e. The summed E-state index contributed by atoms with van der Waals surface area (Å²) in [5.74, 6) is 0.855. The van der Waals surface area contributed by atoms with Crippen LogP contribution in [-0.4, -0.2) is 9.97 Å². The van der Waals surface area contributed by atoms with E-state index >= 15 is 0 Å². The highest BCUT2D eigenvalue weighted by atomic mass is 32.1. The molecule has 0 bridgehead atoms. The summed E-state index contributed by atoms with van der Waals surface area (Å²) in [4.78, 5) is 8.57. The molecule has 2 nitrogen and oxygen atoms in total. The molecule has 0 aliphatic heterocycles. The maximum absolute atomic E-state index is 4.30. The molecule has 15 heavy (non-hydrogen) atoms. The normalized spacial score (nSPS) is 8.67. The van der Waals surface area contributed by atoms with Gasteiger partial charge in [-0.05, 0) is 25.3 Å². The first-order chi connectivity index (χ1) is 7.27. The second-order valence-corrected chi connectivity index (χ2v) is 3.41. The van der Waals surface area contributed by atoms with Crippen LogP contribution in [0.2, 0.25) is 0 Å². The number of hydrogen-bond donors (Lipinski definition) is 0. The number of fused-ring (bicyclic) bond motifs is 1. The van der Waals surface area contributed by atoms with Gasteiger partial charge in [0.05, 0.1) is 15.9 Å². The first-order valence-corrected chi connectivity index (χ1v) is 6.34. The summed E-state index contributed by atoms with van der Waals surface area (Å²) < 4.78 is 1.20. The van der Waals surface area contributed by atoms with E-state index in [-0.39, 0.29) is 0 Å². The van der Waals surface area contributed by atoms with Gasteiger partial charge in [-0.25, -0.2) is 9.97 Å². The fraction of sp³-hybridized carbons (Fsp3) is 0.500. The third-order valence-corrected chi connectivity index (χ3v) is 2.60. The molecule has 2 rings (SSSR count). The standard InChI is InChI=1S/C8H8N2S.2C2H6/c1-5-8-7(3-4-11-8)10-6(2)9-5;2*1-2/h3-4H,1-2H3;2*1-2H3. The number of aryl methyl sites for hydroxylation is 2. The Morgan fingerprint density at radius 1 is 1.00 bits per heavy atom. The van der Waals surface area contributed by atoms with Crippen molar-refractivity contribution in [2.24, 2.45) is 0 Å². The molecule has 2 aromatic heterocycles. The maximum atomic E-state index is 4.30. The van der Waals surface area contributed by atoms with Crippen LogP contribution in [0.1, 0.15) is 39.2 Å². The predicted molar refractivity (Wildman–Crippen MR) is 69.6 cm³/mol. The van der Waals surface area contributed by atoms with Gasteiger partial charge in [0.1, 0.15) is 5.82 Å². The van der Waals surface area contributed by atoms with Gasteiger partial charge >= 0.3 is 0 Å². The van der Waals surface area contributed by atoms with Crippen molar-refractivity contribution in [1.29, 1.82) is 0 Å². The molecule has 0 fully saturated rings. The molecule has 2 heterocycles. The van der Waals surface area contributed by atoms with Crippen LogP contribution in [0.25, 0.3) is 10.2 Å². The molecule has 0 N–H and O–H groups in total. The van der Waals surface area contributed by atoms with E-state index in [1.807, 2.05) is 53.0 Å². The Balaban J connectivity index is 0.000000442.